The summed E-state index contributed by atoms with van der Waals surface area (Å²) in [7, 11) is 0. The van der Waals surface area contributed by atoms with Crippen LogP contribution in [0.5, 0.6) is 0 Å². The van der Waals surface area contributed by atoms with Gasteiger partial charge < -0.3 is 4.98 Å². The predicted octanol–water partition coefficient (Wildman–Crippen LogP) is 4.12. The Morgan fingerprint density at radius 1 is 1.12 bits per heavy atom. The molecule has 1 aliphatic heterocycles. The van der Waals surface area contributed by atoms with Gasteiger partial charge in [-0.25, -0.2) is 4.68 Å². The molecule has 2 aromatic heterocycles. The van der Waals surface area contributed by atoms with Crippen LogP contribution in [0.4, 0.5) is 0 Å². The maximum Gasteiger partial charge on any atom is 0.253 e. The van der Waals surface area contributed by atoms with Crippen LogP contribution in [0.2, 0.25) is 0 Å². The number of nitrogens with zero attached hydrogens (tertiary/aromatic N) is 5. The molecule has 0 saturated heterocycles. The molecule has 7 nitrogen and oxygen atoms in total. The molecule has 7 heteroatoms. The van der Waals surface area contributed by atoms with Crippen molar-refractivity contribution in [1.29, 1.82) is 0 Å². The minimum absolute atomic E-state index is 0.0965. The smallest absolute Gasteiger partial charge is 0.253 e. The number of hydrogen-bond acceptors (Lipinski definition) is 5. The number of hydrogen-bond donors (Lipinski definition) is 1. The van der Waals surface area contributed by atoms with Crippen molar-refractivity contribution >= 4 is 10.9 Å². The average Bonchev–Trinajstić information content (AvgIpc) is 3.30. The summed E-state index contributed by atoms with van der Waals surface area (Å²) in [5.41, 5.74) is 4.92. The molecule has 0 amide bonds. The molecule has 1 atom stereocenters. The van der Waals surface area contributed by atoms with Gasteiger partial charge in [0.05, 0.1) is 5.54 Å². The molecule has 33 heavy (non-hydrogen) atoms. The van der Waals surface area contributed by atoms with Crippen molar-refractivity contribution in [2.45, 2.75) is 58.7 Å². The number of tetrazole rings is 1. The summed E-state index contributed by atoms with van der Waals surface area (Å²) >= 11 is 0. The number of aromatic amines is 1. The highest BCUT2D eigenvalue weighted by Crippen LogP contribution is 2.33. The van der Waals surface area contributed by atoms with Gasteiger partial charge in [-0.15, -0.1) is 5.10 Å². The van der Waals surface area contributed by atoms with Crippen LogP contribution in [0.15, 0.2) is 53.3 Å². The number of rotatable bonds is 5. The highest BCUT2D eigenvalue weighted by molar-refractivity contribution is 5.79. The maximum atomic E-state index is 13.4. The van der Waals surface area contributed by atoms with Crippen molar-refractivity contribution in [1.82, 2.24) is 30.1 Å². The molecular formula is C26H30N6O. The molecule has 0 unspecified atom stereocenters. The lowest BCUT2D eigenvalue weighted by Crippen LogP contribution is -2.40. The zero-order valence-corrected chi connectivity index (χ0v) is 19.7. The van der Waals surface area contributed by atoms with E-state index in [1.54, 1.807) is 0 Å². The lowest BCUT2D eigenvalue weighted by atomic mass is 9.95. The Bertz CT molecular complexity index is 1370. The number of aromatic nitrogens is 5. The van der Waals surface area contributed by atoms with Crippen molar-refractivity contribution in [3.63, 3.8) is 0 Å². The van der Waals surface area contributed by atoms with E-state index >= 15 is 0 Å². The Kier molecular flexibility index (Phi) is 5.37. The second-order valence-corrected chi connectivity index (χ2v) is 9.65. The average molecular weight is 443 g/mol. The summed E-state index contributed by atoms with van der Waals surface area (Å²) < 4.78 is 1.90. The molecule has 1 N–H and O–H groups in total. The number of fused-ring (bicyclic) bond motifs is 2. The molecule has 0 bridgehead atoms. The Morgan fingerprint density at radius 3 is 2.70 bits per heavy atom. The summed E-state index contributed by atoms with van der Waals surface area (Å²) in [6.45, 7) is 9.98. The molecule has 0 aliphatic carbocycles. The third-order valence-electron chi connectivity index (χ3n) is 7.03. The molecule has 170 valence electrons. The third kappa shape index (κ3) is 3.86. The van der Waals surface area contributed by atoms with Gasteiger partial charge in [-0.2, -0.15) is 0 Å². The number of H-pyrrole nitrogens is 1. The highest BCUT2D eigenvalue weighted by Gasteiger charge is 2.35. The van der Waals surface area contributed by atoms with Gasteiger partial charge >= 0.3 is 0 Å². The lowest BCUT2D eigenvalue weighted by Gasteiger charge is -2.36. The Hall–Kier alpha value is -3.32. The molecule has 0 saturated carbocycles. The molecule has 2 aromatic carbocycles. The Balaban J connectivity index is 1.69. The van der Waals surface area contributed by atoms with Gasteiger partial charge in [-0.1, -0.05) is 43.3 Å². The van der Waals surface area contributed by atoms with E-state index in [1.165, 1.54) is 11.1 Å². The standard InChI is InChI=1S/C26H30N6O/c1-5-26(3,4)32-24(28-29-30-32)23(31-13-12-18-8-6-7-9-20(18)16-31)21-15-19-11-10-17(2)14-22(19)27-25(21)33/h6-11,14-15,23H,5,12-13,16H2,1-4H3,(H,27,33)/t23-/m1/s1. The maximum absolute atomic E-state index is 13.4. The second kappa shape index (κ2) is 8.23. The number of nitrogens with one attached hydrogen (secondary N) is 1. The van der Waals surface area contributed by atoms with Gasteiger partial charge in [0.25, 0.3) is 5.56 Å². The molecule has 4 aromatic rings. The SMILES string of the molecule is CCC(C)(C)n1nnnc1[C@@H](c1cc2ccc(C)cc2[nH]c1=O)N1CCc2ccccc2C1. The van der Waals surface area contributed by atoms with E-state index in [-0.39, 0.29) is 17.1 Å². The minimum atomic E-state index is -0.353. The molecule has 1 aliphatic rings. The quantitative estimate of drug-likeness (QED) is 0.503. The lowest BCUT2D eigenvalue weighted by molar-refractivity contribution is 0.181. The van der Waals surface area contributed by atoms with E-state index in [0.717, 1.165) is 42.4 Å². The van der Waals surface area contributed by atoms with Crippen LogP contribution in [0.1, 0.15) is 61.3 Å². The van der Waals surface area contributed by atoms with Crippen LogP contribution < -0.4 is 5.56 Å². The van der Waals surface area contributed by atoms with Crippen molar-refractivity contribution in [3.05, 3.63) is 87.0 Å². The van der Waals surface area contributed by atoms with Gasteiger partial charge in [0.2, 0.25) is 0 Å². The number of aryl methyl sites for hydroxylation is 1. The summed E-state index contributed by atoms with van der Waals surface area (Å²) in [4.78, 5) is 18.9. The van der Waals surface area contributed by atoms with Gasteiger partial charge in [0, 0.05) is 24.2 Å². The molecule has 5 rings (SSSR count). The molecular weight excluding hydrogens is 412 g/mol. The van der Waals surface area contributed by atoms with Crippen LogP contribution in [0.3, 0.4) is 0 Å². The number of pyridine rings is 1. The Morgan fingerprint density at radius 2 is 1.91 bits per heavy atom. The van der Waals surface area contributed by atoms with E-state index in [1.807, 2.05) is 23.7 Å². The molecule has 0 spiro atoms. The first-order valence-electron chi connectivity index (χ1n) is 11.6. The van der Waals surface area contributed by atoms with Crippen LogP contribution >= 0.6 is 0 Å². The fourth-order valence-corrected chi connectivity index (χ4v) is 4.72. The van der Waals surface area contributed by atoms with Gasteiger partial charge in [-0.05, 0) is 78.2 Å². The molecule has 0 radical (unpaired) electrons. The molecule has 3 heterocycles. The third-order valence-corrected chi connectivity index (χ3v) is 7.03. The van der Waals surface area contributed by atoms with Gasteiger partial charge in [-0.3, -0.25) is 9.69 Å². The van der Waals surface area contributed by atoms with E-state index in [0.29, 0.717) is 11.4 Å². The zero-order valence-electron chi connectivity index (χ0n) is 19.7. The molecule has 0 fully saturated rings. The largest absolute Gasteiger partial charge is 0.322 e. The minimum Gasteiger partial charge on any atom is -0.322 e. The van der Waals surface area contributed by atoms with Gasteiger partial charge in [0.15, 0.2) is 5.82 Å². The summed E-state index contributed by atoms with van der Waals surface area (Å²) in [6, 6.07) is 16.3. The fourth-order valence-electron chi connectivity index (χ4n) is 4.72. The summed E-state index contributed by atoms with van der Waals surface area (Å²) in [5, 5.41) is 13.9. The first-order valence-corrected chi connectivity index (χ1v) is 11.6. The Labute approximate surface area is 193 Å². The fraction of sp³-hybridized carbons (Fsp3) is 0.385. The topological polar surface area (TPSA) is 79.7 Å². The summed E-state index contributed by atoms with van der Waals surface area (Å²) in [5.74, 6) is 0.707. The summed E-state index contributed by atoms with van der Waals surface area (Å²) in [6.07, 6.45) is 1.80. The van der Waals surface area contributed by atoms with Gasteiger partial charge in [0.1, 0.15) is 6.04 Å². The van der Waals surface area contributed by atoms with E-state index in [4.69, 9.17) is 0 Å². The first kappa shape index (κ1) is 21.5. The highest BCUT2D eigenvalue weighted by atomic mass is 16.1. The zero-order chi connectivity index (χ0) is 23.2. The van der Waals surface area contributed by atoms with Crippen molar-refractivity contribution in [2.75, 3.05) is 6.54 Å². The first-order chi connectivity index (χ1) is 15.9. The van der Waals surface area contributed by atoms with E-state index in [9.17, 15) is 4.79 Å². The van der Waals surface area contributed by atoms with Crippen molar-refractivity contribution < 1.29 is 0 Å². The van der Waals surface area contributed by atoms with Crippen molar-refractivity contribution in [2.24, 2.45) is 0 Å². The van der Waals surface area contributed by atoms with Crippen LogP contribution in [0.25, 0.3) is 10.9 Å². The van der Waals surface area contributed by atoms with E-state index in [2.05, 4.69) is 82.6 Å². The number of benzene rings is 2. The second-order valence-electron chi connectivity index (χ2n) is 9.65. The van der Waals surface area contributed by atoms with Crippen LogP contribution in [-0.2, 0) is 18.5 Å². The predicted molar refractivity (Wildman–Crippen MR) is 129 cm³/mol. The van der Waals surface area contributed by atoms with E-state index < -0.39 is 0 Å². The van der Waals surface area contributed by atoms with Crippen LogP contribution in [-0.4, -0.2) is 36.6 Å². The monoisotopic (exact) mass is 442 g/mol. The van der Waals surface area contributed by atoms with Crippen molar-refractivity contribution in [3.8, 4) is 0 Å². The normalized spacial score (nSPS) is 15.5. The van der Waals surface area contributed by atoms with Crippen LogP contribution in [0, 0.1) is 6.92 Å².